The molecule has 0 aromatic carbocycles. The van der Waals surface area contributed by atoms with Gasteiger partial charge in [0.1, 0.15) is 4.88 Å². The zero-order valence-electron chi connectivity index (χ0n) is 10.0. The van der Waals surface area contributed by atoms with Gasteiger partial charge in [-0.15, -0.1) is 17.5 Å². The second-order valence-corrected chi connectivity index (χ2v) is 5.55. The Morgan fingerprint density at radius 2 is 2.33 bits per heavy atom. The molecule has 3 rings (SSSR count). The average molecular weight is 289 g/mol. The van der Waals surface area contributed by atoms with E-state index in [1.54, 1.807) is 6.20 Å². The molecule has 1 atom stereocenters. The van der Waals surface area contributed by atoms with Crippen LogP contribution in [0.2, 0.25) is 0 Å². The van der Waals surface area contributed by atoms with Crippen molar-refractivity contribution < 1.29 is 4.79 Å². The Balaban J connectivity index is 0.00000120. The van der Waals surface area contributed by atoms with Gasteiger partial charge in [-0.25, -0.2) is 0 Å². The molecule has 2 aliphatic rings. The molecule has 1 N–H and O–H groups in total. The highest BCUT2D eigenvalue weighted by Crippen LogP contribution is 2.29. The first kappa shape index (κ1) is 13.7. The molecule has 18 heavy (non-hydrogen) atoms. The molecule has 100 valence electrons. The minimum Gasteiger partial charge on any atom is -0.333 e. The molecular formula is C11H17ClN4OS. The summed E-state index contributed by atoms with van der Waals surface area (Å²) in [6.45, 7) is 1.92. The van der Waals surface area contributed by atoms with Gasteiger partial charge in [-0.1, -0.05) is 4.49 Å². The summed E-state index contributed by atoms with van der Waals surface area (Å²) in [5.41, 5.74) is 0. The van der Waals surface area contributed by atoms with E-state index in [9.17, 15) is 4.79 Å². The van der Waals surface area contributed by atoms with E-state index in [4.69, 9.17) is 0 Å². The smallest absolute Gasteiger partial charge is 0.267 e. The van der Waals surface area contributed by atoms with Crippen molar-refractivity contribution in [1.82, 2.24) is 19.8 Å². The first-order chi connectivity index (χ1) is 8.34. The molecule has 2 heterocycles. The lowest BCUT2D eigenvalue weighted by Crippen LogP contribution is -2.42. The number of carbonyl (C=O) groups excluding carboxylic acids is 1. The number of nitrogens with one attached hydrogen (secondary N) is 1. The molecule has 1 aromatic heterocycles. The molecule has 2 fully saturated rings. The third-order valence-electron chi connectivity index (χ3n) is 3.40. The van der Waals surface area contributed by atoms with Crippen LogP contribution in [0.15, 0.2) is 6.20 Å². The predicted octanol–water partition coefficient (Wildman–Crippen LogP) is 1.32. The van der Waals surface area contributed by atoms with Gasteiger partial charge in [0.15, 0.2) is 0 Å². The molecule has 1 aliphatic heterocycles. The fourth-order valence-corrected chi connectivity index (χ4v) is 2.81. The summed E-state index contributed by atoms with van der Waals surface area (Å²) in [5.74, 6) is 0.108. The van der Waals surface area contributed by atoms with E-state index in [-0.39, 0.29) is 18.3 Å². The normalized spacial score (nSPS) is 22.6. The van der Waals surface area contributed by atoms with Gasteiger partial charge in [-0.05, 0) is 43.8 Å². The van der Waals surface area contributed by atoms with E-state index < -0.39 is 0 Å². The van der Waals surface area contributed by atoms with Crippen molar-refractivity contribution >= 4 is 29.8 Å². The second kappa shape index (κ2) is 5.95. The zero-order chi connectivity index (χ0) is 11.7. The van der Waals surface area contributed by atoms with E-state index in [0.717, 1.165) is 25.9 Å². The number of rotatable bonds is 4. The number of hydrogen-bond donors (Lipinski definition) is 1. The van der Waals surface area contributed by atoms with Gasteiger partial charge >= 0.3 is 0 Å². The van der Waals surface area contributed by atoms with Crippen LogP contribution in [0.3, 0.4) is 0 Å². The highest BCUT2D eigenvalue weighted by Gasteiger charge is 2.35. The molecule has 1 aromatic rings. The fraction of sp³-hybridized carbons (Fsp3) is 0.727. The first-order valence-corrected chi connectivity index (χ1v) is 6.93. The molecule has 0 spiro atoms. The lowest BCUT2D eigenvalue weighted by atomic mass is 10.2. The maximum absolute atomic E-state index is 12.3. The number of aromatic nitrogens is 2. The number of halogens is 1. The summed E-state index contributed by atoms with van der Waals surface area (Å²) in [4.78, 5) is 15.0. The predicted molar refractivity (Wildman–Crippen MR) is 72.2 cm³/mol. The van der Waals surface area contributed by atoms with Crippen LogP contribution < -0.4 is 5.32 Å². The molecule has 0 bridgehead atoms. The number of carbonyl (C=O) groups is 1. The molecular weight excluding hydrogens is 272 g/mol. The molecule has 1 saturated carbocycles. The first-order valence-electron chi connectivity index (χ1n) is 6.16. The molecule has 1 unspecified atom stereocenters. The van der Waals surface area contributed by atoms with E-state index in [2.05, 4.69) is 14.9 Å². The summed E-state index contributed by atoms with van der Waals surface area (Å²) in [6.07, 6.45) is 6.26. The monoisotopic (exact) mass is 288 g/mol. The third-order valence-corrected chi connectivity index (χ3v) is 4.05. The minimum atomic E-state index is 0. The summed E-state index contributed by atoms with van der Waals surface area (Å²) in [6, 6.07) is 0.924. The van der Waals surface area contributed by atoms with Crippen molar-refractivity contribution in [3.63, 3.8) is 0 Å². The minimum absolute atomic E-state index is 0. The molecule has 1 amide bonds. The molecule has 7 heteroatoms. The molecule has 0 radical (unpaired) electrons. The van der Waals surface area contributed by atoms with Crippen LogP contribution in [0.25, 0.3) is 0 Å². The van der Waals surface area contributed by atoms with Crippen molar-refractivity contribution in [1.29, 1.82) is 0 Å². The van der Waals surface area contributed by atoms with E-state index in [1.807, 2.05) is 4.90 Å². The highest BCUT2D eigenvalue weighted by molar-refractivity contribution is 7.07. The highest BCUT2D eigenvalue weighted by atomic mass is 35.5. The largest absolute Gasteiger partial charge is 0.333 e. The van der Waals surface area contributed by atoms with Gasteiger partial charge in [0.2, 0.25) is 0 Å². The second-order valence-electron chi connectivity index (χ2n) is 4.76. The lowest BCUT2D eigenvalue weighted by Gasteiger charge is -2.25. The molecule has 1 saturated heterocycles. The number of nitrogens with zero attached hydrogens (tertiary/aromatic N) is 3. The van der Waals surface area contributed by atoms with Gasteiger partial charge in [0.05, 0.1) is 6.20 Å². The van der Waals surface area contributed by atoms with Crippen LogP contribution in [0.4, 0.5) is 0 Å². The van der Waals surface area contributed by atoms with Crippen molar-refractivity contribution in [3.8, 4) is 0 Å². The van der Waals surface area contributed by atoms with Crippen LogP contribution >= 0.6 is 23.9 Å². The van der Waals surface area contributed by atoms with Crippen LogP contribution in [0.5, 0.6) is 0 Å². The Bertz CT molecular complexity index is 390. The quantitative estimate of drug-likeness (QED) is 0.908. The van der Waals surface area contributed by atoms with Gasteiger partial charge in [-0.2, -0.15) is 0 Å². The third kappa shape index (κ3) is 2.99. The van der Waals surface area contributed by atoms with Gasteiger partial charge < -0.3 is 10.2 Å². The van der Waals surface area contributed by atoms with Crippen molar-refractivity contribution in [2.24, 2.45) is 0 Å². The van der Waals surface area contributed by atoms with E-state index in [0.29, 0.717) is 17.0 Å². The summed E-state index contributed by atoms with van der Waals surface area (Å²) in [7, 11) is 0. The lowest BCUT2D eigenvalue weighted by molar-refractivity contribution is 0.0733. The summed E-state index contributed by atoms with van der Waals surface area (Å²) < 4.78 is 3.77. The number of amides is 1. The van der Waals surface area contributed by atoms with Gasteiger partial charge in [0, 0.05) is 18.6 Å². The molecule has 5 nitrogen and oxygen atoms in total. The van der Waals surface area contributed by atoms with E-state index >= 15 is 0 Å². The zero-order valence-corrected chi connectivity index (χ0v) is 11.7. The Kier molecular flexibility index (Phi) is 4.53. The number of hydrogen-bond acceptors (Lipinski definition) is 5. The standard InChI is InChI=1S/C11H16N4OS.ClH/c16-11(10-6-13-14-17-10)15(9-3-4-9)7-8-2-1-5-12-8;/h6,8-9,12H,1-5,7H2;1H. The Hall–Kier alpha value is -0.720. The topological polar surface area (TPSA) is 58.1 Å². The average Bonchev–Trinajstić information content (AvgIpc) is 2.86. The van der Waals surface area contributed by atoms with Crippen LogP contribution in [0, 0.1) is 0 Å². The van der Waals surface area contributed by atoms with Crippen LogP contribution in [-0.2, 0) is 0 Å². The summed E-state index contributed by atoms with van der Waals surface area (Å²) in [5, 5.41) is 7.19. The van der Waals surface area contributed by atoms with Gasteiger partial charge in [-0.3, -0.25) is 4.79 Å². The van der Waals surface area contributed by atoms with Crippen molar-refractivity contribution in [2.75, 3.05) is 13.1 Å². The fourth-order valence-electron chi connectivity index (χ4n) is 2.34. The maximum Gasteiger partial charge on any atom is 0.267 e. The maximum atomic E-state index is 12.3. The Morgan fingerprint density at radius 3 is 2.89 bits per heavy atom. The van der Waals surface area contributed by atoms with Crippen molar-refractivity contribution in [2.45, 2.75) is 37.8 Å². The Morgan fingerprint density at radius 1 is 1.50 bits per heavy atom. The van der Waals surface area contributed by atoms with Crippen LogP contribution in [0.1, 0.15) is 35.4 Å². The SMILES string of the molecule is Cl.O=C(c1cnns1)N(CC1CCCN1)C1CC1. The summed E-state index contributed by atoms with van der Waals surface area (Å²) >= 11 is 1.19. The van der Waals surface area contributed by atoms with E-state index in [1.165, 1.54) is 24.4 Å². The molecule has 1 aliphatic carbocycles. The Labute approximate surface area is 117 Å². The van der Waals surface area contributed by atoms with Gasteiger partial charge in [0.25, 0.3) is 5.91 Å². The van der Waals surface area contributed by atoms with Crippen molar-refractivity contribution in [3.05, 3.63) is 11.1 Å². The van der Waals surface area contributed by atoms with Crippen LogP contribution in [-0.4, -0.2) is 45.6 Å².